The quantitative estimate of drug-likeness (QED) is 0.401. The lowest BCUT2D eigenvalue weighted by molar-refractivity contribution is -0.133. The standard InChI is InChI=1S/C30H43N5O5S/c1-20-7-8-22(17-21(20)19-40-16-13-34-11-14-39-15-12-34)32-28(38)33-25-23(18-24(41-25)29(2,3)4)26(36)35-10-9-31-27(37)30(35,5)6/h7-8,17-18H,9-16,19H2,1-6H3,(H,31,37)(H2,32,33,38). The monoisotopic (exact) mass is 585 g/mol. The molecule has 0 saturated carbocycles. The van der Waals surface area contributed by atoms with Gasteiger partial charge in [-0.2, -0.15) is 0 Å². The summed E-state index contributed by atoms with van der Waals surface area (Å²) < 4.78 is 11.3. The molecule has 10 nitrogen and oxygen atoms in total. The first-order valence-electron chi connectivity index (χ1n) is 14.2. The highest BCUT2D eigenvalue weighted by Gasteiger charge is 2.42. The van der Waals surface area contributed by atoms with Gasteiger partial charge in [0.05, 0.1) is 32.0 Å². The molecule has 11 heteroatoms. The summed E-state index contributed by atoms with van der Waals surface area (Å²) in [4.78, 5) is 44.2. The number of hydrogen-bond donors (Lipinski definition) is 3. The Morgan fingerprint density at radius 2 is 1.85 bits per heavy atom. The van der Waals surface area contributed by atoms with Crippen LogP contribution in [0.3, 0.4) is 0 Å². The van der Waals surface area contributed by atoms with Crippen LogP contribution in [-0.2, 0) is 26.3 Å². The van der Waals surface area contributed by atoms with Crippen LogP contribution < -0.4 is 16.0 Å². The normalized spacial score (nSPS) is 17.7. The molecule has 224 valence electrons. The Kier molecular flexibility index (Phi) is 9.73. The number of rotatable bonds is 8. The average molecular weight is 586 g/mol. The van der Waals surface area contributed by atoms with Crippen LogP contribution in [0.25, 0.3) is 0 Å². The van der Waals surface area contributed by atoms with Crippen LogP contribution in [-0.4, -0.2) is 85.7 Å². The van der Waals surface area contributed by atoms with Gasteiger partial charge in [-0.05, 0) is 55.5 Å². The minimum Gasteiger partial charge on any atom is -0.379 e. The molecule has 3 heterocycles. The first-order valence-corrected chi connectivity index (χ1v) is 15.0. The third-order valence-corrected chi connectivity index (χ3v) is 9.02. The zero-order valence-corrected chi connectivity index (χ0v) is 25.8. The number of hydrogen-bond acceptors (Lipinski definition) is 7. The number of carbonyl (C=O) groups excluding carboxylic acids is 3. The molecule has 0 bridgehead atoms. The highest BCUT2D eigenvalue weighted by atomic mass is 32.1. The Hall–Kier alpha value is -2.99. The summed E-state index contributed by atoms with van der Waals surface area (Å²) in [6, 6.07) is 7.11. The highest BCUT2D eigenvalue weighted by molar-refractivity contribution is 7.16. The van der Waals surface area contributed by atoms with E-state index in [9.17, 15) is 14.4 Å². The van der Waals surface area contributed by atoms with E-state index in [2.05, 4.69) is 41.6 Å². The summed E-state index contributed by atoms with van der Waals surface area (Å²) in [7, 11) is 0. The summed E-state index contributed by atoms with van der Waals surface area (Å²) in [5.41, 5.74) is 1.87. The molecule has 41 heavy (non-hydrogen) atoms. The molecule has 4 rings (SSSR count). The number of carbonyl (C=O) groups is 3. The van der Waals surface area contributed by atoms with Crippen LogP contribution in [0.5, 0.6) is 0 Å². The first-order chi connectivity index (χ1) is 19.4. The van der Waals surface area contributed by atoms with E-state index < -0.39 is 11.6 Å². The van der Waals surface area contributed by atoms with E-state index in [1.165, 1.54) is 11.3 Å². The van der Waals surface area contributed by atoms with Gasteiger partial charge in [0.1, 0.15) is 10.5 Å². The Balaban J connectivity index is 1.44. The molecule has 1 aromatic heterocycles. The topological polar surface area (TPSA) is 112 Å². The number of piperazine rings is 1. The lowest BCUT2D eigenvalue weighted by Gasteiger charge is -2.41. The van der Waals surface area contributed by atoms with E-state index in [0.717, 1.165) is 48.9 Å². The van der Waals surface area contributed by atoms with Crippen molar-refractivity contribution in [3.63, 3.8) is 0 Å². The number of thiophene rings is 1. The molecule has 4 amide bonds. The van der Waals surface area contributed by atoms with E-state index in [1.807, 2.05) is 31.2 Å². The van der Waals surface area contributed by atoms with Crippen molar-refractivity contribution >= 4 is 39.9 Å². The van der Waals surface area contributed by atoms with Gasteiger partial charge in [-0.3, -0.25) is 19.8 Å². The van der Waals surface area contributed by atoms with Crippen molar-refractivity contribution in [2.45, 2.75) is 59.1 Å². The van der Waals surface area contributed by atoms with Crippen molar-refractivity contribution in [3.05, 3.63) is 45.8 Å². The maximum atomic E-state index is 13.7. The molecular formula is C30H43N5O5S. The second kappa shape index (κ2) is 12.9. The van der Waals surface area contributed by atoms with Gasteiger partial charge in [-0.25, -0.2) is 4.79 Å². The summed E-state index contributed by atoms with van der Waals surface area (Å²) >= 11 is 1.38. The van der Waals surface area contributed by atoms with Gasteiger partial charge in [-0.15, -0.1) is 11.3 Å². The van der Waals surface area contributed by atoms with Crippen LogP contribution in [0.15, 0.2) is 24.3 Å². The lowest BCUT2D eigenvalue weighted by Crippen LogP contribution is -2.63. The van der Waals surface area contributed by atoms with Crippen molar-refractivity contribution in [2.24, 2.45) is 0 Å². The molecule has 0 atom stereocenters. The van der Waals surface area contributed by atoms with Gasteiger partial charge in [0.15, 0.2) is 0 Å². The van der Waals surface area contributed by atoms with E-state index in [-0.39, 0.29) is 17.2 Å². The number of nitrogens with one attached hydrogen (secondary N) is 3. The maximum Gasteiger partial charge on any atom is 0.324 e. The summed E-state index contributed by atoms with van der Waals surface area (Å²) in [5.74, 6) is -0.477. The first kappa shape index (κ1) is 31.0. The van der Waals surface area contributed by atoms with Crippen molar-refractivity contribution in [3.8, 4) is 0 Å². The SMILES string of the molecule is Cc1ccc(NC(=O)Nc2sc(C(C)(C)C)cc2C(=O)N2CCNC(=O)C2(C)C)cc1COCCN1CCOCC1. The van der Waals surface area contributed by atoms with E-state index in [4.69, 9.17) is 9.47 Å². The van der Waals surface area contributed by atoms with Crippen LogP contribution in [0.4, 0.5) is 15.5 Å². The van der Waals surface area contributed by atoms with E-state index in [0.29, 0.717) is 42.6 Å². The number of nitrogens with zero attached hydrogens (tertiary/aromatic N) is 2. The Bertz CT molecular complexity index is 1260. The number of urea groups is 1. The van der Waals surface area contributed by atoms with Crippen LogP contribution >= 0.6 is 11.3 Å². The molecule has 2 aromatic rings. The van der Waals surface area contributed by atoms with Gasteiger partial charge in [-0.1, -0.05) is 26.8 Å². The van der Waals surface area contributed by atoms with Crippen LogP contribution in [0, 0.1) is 6.92 Å². The van der Waals surface area contributed by atoms with E-state index in [1.54, 1.807) is 18.7 Å². The second-order valence-electron chi connectivity index (χ2n) is 12.1. The van der Waals surface area contributed by atoms with Crippen molar-refractivity contribution in [2.75, 3.05) is 63.2 Å². The van der Waals surface area contributed by atoms with Crippen LogP contribution in [0.2, 0.25) is 0 Å². The lowest BCUT2D eigenvalue weighted by atomic mass is 9.93. The fourth-order valence-electron chi connectivity index (χ4n) is 4.78. The van der Waals surface area contributed by atoms with Gasteiger partial charge >= 0.3 is 6.03 Å². The van der Waals surface area contributed by atoms with Gasteiger partial charge < -0.3 is 25.0 Å². The molecule has 3 N–H and O–H groups in total. The predicted octanol–water partition coefficient (Wildman–Crippen LogP) is 4.20. The number of aryl methyl sites for hydroxylation is 1. The number of amides is 4. The number of anilines is 2. The molecule has 1 aromatic carbocycles. The average Bonchev–Trinajstić information content (AvgIpc) is 3.34. The molecule has 2 fully saturated rings. The van der Waals surface area contributed by atoms with E-state index >= 15 is 0 Å². The second-order valence-corrected chi connectivity index (χ2v) is 13.2. The third-order valence-electron chi connectivity index (χ3n) is 7.55. The Labute approximate surface area is 246 Å². The van der Waals surface area contributed by atoms with Crippen molar-refractivity contribution in [1.29, 1.82) is 0 Å². The number of benzene rings is 1. The number of ether oxygens (including phenoxy) is 2. The Morgan fingerprint density at radius 3 is 2.56 bits per heavy atom. The molecule has 2 aliphatic heterocycles. The zero-order chi connectivity index (χ0) is 29.8. The molecule has 0 radical (unpaired) electrons. The summed E-state index contributed by atoms with van der Waals surface area (Å²) in [5, 5.41) is 9.10. The maximum absolute atomic E-state index is 13.7. The molecule has 0 spiro atoms. The van der Waals surface area contributed by atoms with Crippen molar-refractivity contribution < 1.29 is 23.9 Å². The molecule has 0 unspecified atom stereocenters. The van der Waals surface area contributed by atoms with Crippen molar-refractivity contribution in [1.82, 2.24) is 15.1 Å². The smallest absolute Gasteiger partial charge is 0.324 e. The number of morpholine rings is 1. The predicted molar refractivity (Wildman–Crippen MR) is 162 cm³/mol. The third kappa shape index (κ3) is 7.65. The largest absolute Gasteiger partial charge is 0.379 e. The molecule has 2 aliphatic rings. The van der Waals surface area contributed by atoms with Gasteiger partial charge in [0, 0.05) is 43.3 Å². The van der Waals surface area contributed by atoms with Gasteiger partial charge in [0.2, 0.25) is 5.91 Å². The van der Waals surface area contributed by atoms with Gasteiger partial charge in [0.25, 0.3) is 5.91 Å². The minimum absolute atomic E-state index is 0.198. The minimum atomic E-state index is -0.999. The fourth-order valence-corrected chi connectivity index (χ4v) is 5.89. The fraction of sp³-hybridized carbons (Fsp3) is 0.567. The van der Waals surface area contributed by atoms with Crippen LogP contribution in [0.1, 0.15) is 61.0 Å². The molecular weight excluding hydrogens is 542 g/mol. The molecule has 2 saturated heterocycles. The highest BCUT2D eigenvalue weighted by Crippen LogP contribution is 2.37. The molecule has 0 aliphatic carbocycles. The Morgan fingerprint density at radius 1 is 1.12 bits per heavy atom. The summed E-state index contributed by atoms with van der Waals surface area (Å²) in [6.07, 6.45) is 0. The summed E-state index contributed by atoms with van der Waals surface area (Å²) in [6.45, 7) is 17.8. The zero-order valence-electron chi connectivity index (χ0n) is 25.0.